The monoisotopic (exact) mass is 284 g/mol. The number of fused-ring (bicyclic) bond motifs is 1. The lowest BCUT2D eigenvalue weighted by Gasteiger charge is -2.07. The molecule has 2 heterocycles. The SMILES string of the molecule is O=C(O)c1cccn2c(COc3ccccc3O)cnc12. The zero-order chi connectivity index (χ0) is 14.8. The van der Waals surface area contributed by atoms with Crippen LogP contribution < -0.4 is 4.74 Å². The maximum atomic E-state index is 11.1. The number of aromatic hydroxyl groups is 1. The predicted molar refractivity (Wildman–Crippen MR) is 74.6 cm³/mol. The molecule has 2 aromatic heterocycles. The molecular weight excluding hydrogens is 272 g/mol. The molecule has 0 saturated heterocycles. The first kappa shape index (κ1) is 13.0. The average Bonchev–Trinajstić information content (AvgIpc) is 2.89. The van der Waals surface area contributed by atoms with E-state index < -0.39 is 5.97 Å². The molecule has 106 valence electrons. The van der Waals surface area contributed by atoms with Crippen molar-refractivity contribution in [2.75, 3.05) is 0 Å². The third kappa shape index (κ3) is 2.38. The fourth-order valence-electron chi connectivity index (χ4n) is 2.07. The molecule has 0 saturated carbocycles. The lowest BCUT2D eigenvalue weighted by Crippen LogP contribution is -2.03. The summed E-state index contributed by atoms with van der Waals surface area (Å²) in [7, 11) is 0. The number of pyridine rings is 1. The van der Waals surface area contributed by atoms with Crippen molar-refractivity contribution in [3.05, 3.63) is 60.0 Å². The highest BCUT2D eigenvalue weighted by atomic mass is 16.5. The molecule has 0 radical (unpaired) electrons. The molecule has 21 heavy (non-hydrogen) atoms. The van der Waals surface area contributed by atoms with Crippen LogP contribution in [0.3, 0.4) is 0 Å². The predicted octanol–water partition coefficient (Wildman–Crippen LogP) is 2.32. The lowest BCUT2D eigenvalue weighted by atomic mass is 10.3. The summed E-state index contributed by atoms with van der Waals surface area (Å²) >= 11 is 0. The summed E-state index contributed by atoms with van der Waals surface area (Å²) in [6, 6.07) is 9.79. The van der Waals surface area contributed by atoms with Crippen LogP contribution in [0.25, 0.3) is 5.65 Å². The van der Waals surface area contributed by atoms with E-state index in [0.29, 0.717) is 17.1 Å². The first-order chi connectivity index (χ1) is 10.2. The molecular formula is C15H12N2O4. The summed E-state index contributed by atoms with van der Waals surface area (Å²) in [5, 5.41) is 18.8. The van der Waals surface area contributed by atoms with Crippen molar-refractivity contribution >= 4 is 11.6 Å². The molecule has 1 aromatic carbocycles. The largest absolute Gasteiger partial charge is 0.504 e. The van der Waals surface area contributed by atoms with Gasteiger partial charge in [-0.2, -0.15) is 0 Å². The molecule has 6 nitrogen and oxygen atoms in total. The zero-order valence-electron chi connectivity index (χ0n) is 10.9. The summed E-state index contributed by atoms with van der Waals surface area (Å²) in [5.41, 5.74) is 1.18. The van der Waals surface area contributed by atoms with Crippen LogP contribution in [0.4, 0.5) is 0 Å². The number of phenols is 1. The van der Waals surface area contributed by atoms with Gasteiger partial charge >= 0.3 is 5.97 Å². The van der Waals surface area contributed by atoms with E-state index >= 15 is 0 Å². The second kappa shape index (κ2) is 5.16. The fourth-order valence-corrected chi connectivity index (χ4v) is 2.07. The number of hydrogen-bond donors (Lipinski definition) is 2. The Morgan fingerprint density at radius 3 is 2.81 bits per heavy atom. The van der Waals surface area contributed by atoms with Gasteiger partial charge < -0.3 is 14.9 Å². The maximum Gasteiger partial charge on any atom is 0.339 e. The smallest absolute Gasteiger partial charge is 0.339 e. The highest BCUT2D eigenvalue weighted by molar-refractivity contribution is 5.94. The number of carboxylic acid groups (broad SMARTS) is 1. The van der Waals surface area contributed by atoms with Crippen LogP contribution in [-0.4, -0.2) is 25.6 Å². The molecule has 0 spiro atoms. The van der Waals surface area contributed by atoms with Gasteiger partial charge in [0.15, 0.2) is 17.1 Å². The number of phenolic OH excluding ortho intramolecular Hbond substituents is 1. The molecule has 0 bridgehead atoms. The van der Waals surface area contributed by atoms with E-state index in [1.54, 1.807) is 41.1 Å². The van der Waals surface area contributed by atoms with Gasteiger partial charge in [0.2, 0.25) is 0 Å². The van der Waals surface area contributed by atoms with Crippen LogP contribution in [0, 0.1) is 0 Å². The number of carbonyl (C=O) groups is 1. The second-order valence-electron chi connectivity index (χ2n) is 4.43. The number of para-hydroxylation sites is 2. The van der Waals surface area contributed by atoms with Crippen LogP contribution in [0.2, 0.25) is 0 Å². The van der Waals surface area contributed by atoms with Crippen LogP contribution >= 0.6 is 0 Å². The number of aromatic carboxylic acids is 1. The number of ether oxygens (including phenoxy) is 1. The molecule has 2 N–H and O–H groups in total. The van der Waals surface area contributed by atoms with Gasteiger partial charge in [-0.25, -0.2) is 9.78 Å². The van der Waals surface area contributed by atoms with Gasteiger partial charge in [-0.15, -0.1) is 0 Å². The highest BCUT2D eigenvalue weighted by Gasteiger charge is 2.13. The van der Waals surface area contributed by atoms with E-state index in [1.165, 1.54) is 12.1 Å². The average molecular weight is 284 g/mol. The van der Waals surface area contributed by atoms with Crippen molar-refractivity contribution in [3.8, 4) is 11.5 Å². The third-order valence-corrected chi connectivity index (χ3v) is 3.08. The first-order valence-corrected chi connectivity index (χ1v) is 6.26. The molecule has 0 unspecified atom stereocenters. The molecule has 3 aromatic rings. The van der Waals surface area contributed by atoms with Crippen LogP contribution in [0.1, 0.15) is 16.1 Å². The summed E-state index contributed by atoms with van der Waals surface area (Å²) < 4.78 is 7.19. The summed E-state index contributed by atoms with van der Waals surface area (Å²) in [5.74, 6) is -0.612. The molecule has 0 aliphatic carbocycles. The van der Waals surface area contributed by atoms with Crippen molar-refractivity contribution in [1.29, 1.82) is 0 Å². The molecule has 0 amide bonds. The van der Waals surface area contributed by atoms with E-state index in [0.717, 1.165) is 0 Å². The summed E-state index contributed by atoms with van der Waals surface area (Å²) in [4.78, 5) is 15.2. The van der Waals surface area contributed by atoms with E-state index in [-0.39, 0.29) is 17.9 Å². The van der Waals surface area contributed by atoms with Crippen LogP contribution in [0.5, 0.6) is 11.5 Å². The van der Waals surface area contributed by atoms with Gasteiger partial charge in [-0.05, 0) is 24.3 Å². The van der Waals surface area contributed by atoms with Gasteiger partial charge in [0, 0.05) is 6.20 Å². The fraction of sp³-hybridized carbons (Fsp3) is 0.0667. The molecule has 0 atom stereocenters. The second-order valence-corrected chi connectivity index (χ2v) is 4.43. The Morgan fingerprint density at radius 2 is 2.05 bits per heavy atom. The highest BCUT2D eigenvalue weighted by Crippen LogP contribution is 2.25. The number of carboxylic acids is 1. The van der Waals surface area contributed by atoms with Crippen molar-refractivity contribution < 1.29 is 19.7 Å². The minimum atomic E-state index is -1.03. The van der Waals surface area contributed by atoms with E-state index in [1.807, 2.05) is 0 Å². The topological polar surface area (TPSA) is 84.1 Å². The van der Waals surface area contributed by atoms with Crippen molar-refractivity contribution in [2.45, 2.75) is 6.61 Å². The molecule has 3 rings (SSSR count). The van der Waals surface area contributed by atoms with Crippen molar-refractivity contribution in [3.63, 3.8) is 0 Å². The molecule has 0 aliphatic rings. The van der Waals surface area contributed by atoms with Crippen molar-refractivity contribution in [1.82, 2.24) is 9.38 Å². The number of imidazole rings is 1. The quantitative estimate of drug-likeness (QED) is 0.768. The molecule has 0 aliphatic heterocycles. The van der Waals surface area contributed by atoms with E-state index in [9.17, 15) is 9.90 Å². The van der Waals surface area contributed by atoms with Gasteiger partial charge in [0.1, 0.15) is 12.2 Å². The Morgan fingerprint density at radius 1 is 1.24 bits per heavy atom. The Balaban J connectivity index is 1.90. The van der Waals surface area contributed by atoms with Gasteiger partial charge in [0.25, 0.3) is 0 Å². The Hall–Kier alpha value is -3.02. The van der Waals surface area contributed by atoms with Crippen molar-refractivity contribution in [2.24, 2.45) is 0 Å². The van der Waals surface area contributed by atoms with Gasteiger partial charge in [-0.1, -0.05) is 12.1 Å². The minimum absolute atomic E-state index is 0.0533. The Labute approximate surface area is 119 Å². The molecule has 0 fully saturated rings. The van der Waals surface area contributed by atoms with Crippen LogP contribution in [0.15, 0.2) is 48.8 Å². The van der Waals surface area contributed by atoms with Gasteiger partial charge in [0.05, 0.1) is 11.9 Å². The van der Waals surface area contributed by atoms with Gasteiger partial charge in [-0.3, -0.25) is 4.40 Å². The first-order valence-electron chi connectivity index (χ1n) is 6.26. The number of hydrogen-bond acceptors (Lipinski definition) is 4. The molecule has 6 heteroatoms. The number of aromatic nitrogens is 2. The standard InChI is InChI=1S/C15H12N2O4/c18-12-5-1-2-6-13(12)21-9-10-8-16-14-11(15(19)20)4-3-7-17(10)14/h1-8,18H,9H2,(H,19,20). The van der Waals surface area contributed by atoms with Crippen LogP contribution in [-0.2, 0) is 6.61 Å². The number of rotatable bonds is 4. The minimum Gasteiger partial charge on any atom is -0.504 e. The lowest BCUT2D eigenvalue weighted by molar-refractivity contribution is 0.0698. The Bertz CT molecular complexity index is 810. The number of nitrogens with zero attached hydrogens (tertiary/aromatic N) is 2. The number of benzene rings is 1. The Kier molecular flexibility index (Phi) is 3.19. The third-order valence-electron chi connectivity index (χ3n) is 3.08. The normalized spacial score (nSPS) is 10.7. The summed E-state index contributed by atoms with van der Waals surface area (Å²) in [6.07, 6.45) is 3.28. The maximum absolute atomic E-state index is 11.1. The summed E-state index contributed by atoms with van der Waals surface area (Å²) in [6.45, 7) is 0.168. The zero-order valence-corrected chi connectivity index (χ0v) is 10.9. The van der Waals surface area contributed by atoms with E-state index in [4.69, 9.17) is 9.84 Å². The van der Waals surface area contributed by atoms with E-state index in [2.05, 4.69) is 4.98 Å².